The van der Waals surface area contributed by atoms with E-state index in [-0.39, 0.29) is 11.6 Å². The lowest BCUT2D eigenvalue weighted by Crippen LogP contribution is -2.54. The number of carbonyl (C=O) groups excluding carboxylic acids is 1. The van der Waals surface area contributed by atoms with Gasteiger partial charge in [-0.05, 0) is 50.5 Å². The number of benzene rings is 1. The minimum atomic E-state index is -0.382. The number of para-hydroxylation sites is 1. The van der Waals surface area contributed by atoms with Gasteiger partial charge in [-0.25, -0.2) is 0 Å². The number of nitrogens with zero attached hydrogens (tertiary/aromatic N) is 1. The van der Waals surface area contributed by atoms with E-state index in [4.69, 9.17) is 4.84 Å². The monoisotopic (exact) mass is 426 g/mol. The number of anilines is 1. The van der Waals surface area contributed by atoms with Crippen LogP contribution >= 0.6 is 0 Å². The first-order valence-electron chi connectivity index (χ1n) is 12.9. The summed E-state index contributed by atoms with van der Waals surface area (Å²) < 4.78 is 0. The first-order valence-corrected chi connectivity index (χ1v) is 12.9. The summed E-state index contributed by atoms with van der Waals surface area (Å²) in [5.41, 5.74) is 2.03. The highest BCUT2D eigenvalue weighted by atomic mass is 16.7. The van der Waals surface area contributed by atoms with Gasteiger partial charge in [0.15, 0.2) is 0 Å². The van der Waals surface area contributed by atoms with Crippen LogP contribution < -0.4 is 5.32 Å². The molecule has 0 amide bonds. The van der Waals surface area contributed by atoms with Crippen molar-refractivity contribution in [2.75, 3.05) is 11.9 Å². The van der Waals surface area contributed by atoms with Crippen molar-refractivity contribution in [3.8, 4) is 0 Å². The van der Waals surface area contributed by atoms with Crippen LogP contribution in [0.3, 0.4) is 0 Å². The Morgan fingerprint density at radius 1 is 1.10 bits per heavy atom. The van der Waals surface area contributed by atoms with Crippen molar-refractivity contribution in [1.29, 1.82) is 0 Å². The van der Waals surface area contributed by atoms with E-state index < -0.39 is 0 Å². The molecule has 3 aliphatic rings. The summed E-state index contributed by atoms with van der Waals surface area (Å²) in [5, 5.41) is 5.82. The van der Waals surface area contributed by atoms with Crippen LogP contribution in [0.1, 0.15) is 96.5 Å². The lowest BCUT2D eigenvalue weighted by molar-refractivity contribution is -0.299. The van der Waals surface area contributed by atoms with Gasteiger partial charge >= 0.3 is 0 Å². The number of piperidine rings is 1. The summed E-state index contributed by atoms with van der Waals surface area (Å²) in [5.74, 6) is 1.54. The van der Waals surface area contributed by atoms with Gasteiger partial charge in [0, 0.05) is 36.3 Å². The third-order valence-corrected chi connectivity index (χ3v) is 8.17. The molecule has 1 N–H and O–H groups in total. The molecule has 0 bridgehead atoms. The van der Waals surface area contributed by atoms with Gasteiger partial charge in [-0.3, -0.25) is 4.84 Å². The number of nitrogens with one attached hydrogen (secondary N) is 1. The smallest absolute Gasteiger partial charge is 0.131 e. The van der Waals surface area contributed by atoms with E-state index in [1.54, 1.807) is 0 Å². The van der Waals surface area contributed by atoms with Gasteiger partial charge in [0.05, 0.1) is 0 Å². The molecular formula is C27H42N2O2. The molecule has 2 fully saturated rings. The topological polar surface area (TPSA) is 41.6 Å². The Morgan fingerprint density at radius 3 is 2.58 bits per heavy atom. The number of aldehydes is 1. The fraction of sp³-hybridized carbons (Fsp3) is 0.741. The number of hydroxylamine groups is 2. The zero-order valence-electron chi connectivity index (χ0n) is 19.7. The third kappa shape index (κ3) is 5.17. The van der Waals surface area contributed by atoms with Crippen molar-refractivity contribution in [1.82, 2.24) is 5.06 Å². The van der Waals surface area contributed by atoms with Gasteiger partial charge in [0.1, 0.15) is 11.9 Å². The summed E-state index contributed by atoms with van der Waals surface area (Å²) in [6, 6.07) is 9.09. The molecule has 31 heavy (non-hydrogen) atoms. The maximum atomic E-state index is 11.5. The summed E-state index contributed by atoms with van der Waals surface area (Å²) in [6.45, 7) is 5.29. The molecular weight excluding hydrogens is 384 g/mol. The van der Waals surface area contributed by atoms with Gasteiger partial charge in [-0.1, -0.05) is 70.1 Å². The molecule has 4 heteroatoms. The predicted molar refractivity (Wildman–Crippen MR) is 127 cm³/mol. The molecule has 1 aliphatic carbocycles. The van der Waals surface area contributed by atoms with Gasteiger partial charge < -0.3 is 10.1 Å². The van der Waals surface area contributed by atoms with Gasteiger partial charge in [-0.2, -0.15) is 5.06 Å². The van der Waals surface area contributed by atoms with E-state index in [1.165, 1.54) is 69.0 Å². The fourth-order valence-corrected chi connectivity index (χ4v) is 6.44. The van der Waals surface area contributed by atoms with Crippen molar-refractivity contribution in [2.45, 2.75) is 109 Å². The molecule has 0 spiro atoms. The highest BCUT2D eigenvalue weighted by molar-refractivity contribution is 5.58. The van der Waals surface area contributed by atoms with Crippen LogP contribution in [0.15, 0.2) is 24.3 Å². The second kappa shape index (κ2) is 10.5. The lowest BCUT2D eigenvalue weighted by Gasteiger charge is -2.48. The quantitative estimate of drug-likeness (QED) is 0.508. The molecule has 172 valence electrons. The van der Waals surface area contributed by atoms with Crippen molar-refractivity contribution in [3.05, 3.63) is 29.8 Å². The molecule has 2 heterocycles. The molecule has 1 aromatic carbocycles. The highest BCUT2D eigenvalue weighted by Crippen LogP contribution is 2.43. The van der Waals surface area contributed by atoms with Crippen LogP contribution in [0.5, 0.6) is 0 Å². The summed E-state index contributed by atoms with van der Waals surface area (Å²) >= 11 is 0. The van der Waals surface area contributed by atoms with Crippen molar-refractivity contribution < 1.29 is 9.63 Å². The SMILES string of the molecule is CCC1C(CC2CCCCCCC2)CCC(CC=O)N1O[C@]1(C)CNc2ccccc21. The summed E-state index contributed by atoms with van der Waals surface area (Å²) in [7, 11) is 0. The van der Waals surface area contributed by atoms with E-state index >= 15 is 0 Å². The zero-order valence-corrected chi connectivity index (χ0v) is 19.7. The van der Waals surface area contributed by atoms with Crippen molar-refractivity contribution in [3.63, 3.8) is 0 Å². The Morgan fingerprint density at radius 2 is 1.84 bits per heavy atom. The van der Waals surface area contributed by atoms with Crippen LogP contribution in [0, 0.1) is 11.8 Å². The standard InChI is InChI=1S/C27H42N2O2/c1-3-26-22(19-21-11-7-5-4-6-8-12-21)15-16-23(17-18-30)29(26)31-27(2)20-28-25-14-10-9-13-24(25)27/h9-10,13-14,18,21-23,26,28H,3-8,11-12,15-17,19-20H2,1-2H3/t22?,23?,26?,27-/m1/s1. The lowest BCUT2D eigenvalue weighted by atomic mass is 9.76. The largest absolute Gasteiger partial charge is 0.381 e. The Kier molecular flexibility index (Phi) is 7.71. The fourth-order valence-electron chi connectivity index (χ4n) is 6.44. The maximum Gasteiger partial charge on any atom is 0.131 e. The molecule has 0 aromatic heterocycles. The second-order valence-electron chi connectivity index (χ2n) is 10.4. The van der Waals surface area contributed by atoms with Crippen LogP contribution in [0.4, 0.5) is 5.69 Å². The van der Waals surface area contributed by atoms with Gasteiger partial charge in [0.2, 0.25) is 0 Å². The van der Waals surface area contributed by atoms with Crippen molar-refractivity contribution >= 4 is 12.0 Å². The molecule has 4 nitrogen and oxygen atoms in total. The summed E-state index contributed by atoms with van der Waals surface area (Å²) in [4.78, 5) is 18.4. The number of carbonyl (C=O) groups is 1. The normalized spacial score (nSPS) is 32.6. The average Bonchev–Trinajstić information content (AvgIpc) is 3.09. The zero-order chi connectivity index (χ0) is 21.7. The van der Waals surface area contributed by atoms with Crippen LogP contribution in [-0.4, -0.2) is 30.0 Å². The molecule has 1 saturated carbocycles. The summed E-state index contributed by atoms with van der Waals surface area (Å²) in [6.07, 6.45) is 16.2. The molecule has 2 aliphatic heterocycles. The molecule has 3 unspecified atom stereocenters. The van der Waals surface area contributed by atoms with E-state index in [0.717, 1.165) is 31.6 Å². The third-order valence-electron chi connectivity index (χ3n) is 8.17. The Balaban J connectivity index is 1.52. The van der Waals surface area contributed by atoms with E-state index in [0.29, 0.717) is 18.4 Å². The predicted octanol–water partition coefficient (Wildman–Crippen LogP) is 6.46. The van der Waals surface area contributed by atoms with E-state index in [9.17, 15) is 4.79 Å². The maximum absolute atomic E-state index is 11.5. The average molecular weight is 427 g/mol. The Labute approximate surface area is 189 Å². The minimum absolute atomic E-state index is 0.195. The van der Waals surface area contributed by atoms with Crippen LogP contribution in [0.25, 0.3) is 0 Å². The first-order chi connectivity index (χ1) is 15.1. The highest BCUT2D eigenvalue weighted by Gasteiger charge is 2.44. The number of fused-ring (bicyclic) bond motifs is 1. The first kappa shape index (κ1) is 22.8. The Hall–Kier alpha value is -1.39. The van der Waals surface area contributed by atoms with Crippen molar-refractivity contribution in [2.24, 2.45) is 11.8 Å². The van der Waals surface area contributed by atoms with Gasteiger partial charge in [0.25, 0.3) is 0 Å². The molecule has 1 aromatic rings. The second-order valence-corrected chi connectivity index (χ2v) is 10.4. The number of rotatable bonds is 7. The minimum Gasteiger partial charge on any atom is -0.381 e. The number of hydrogen-bond donors (Lipinski definition) is 1. The van der Waals surface area contributed by atoms with E-state index in [1.807, 2.05) is 0 Å². The van der Waals surface area contributed by atoms with Crippen LogP contribution in [-0.2, 0) is 15.2 Å². The molecule has 4 rings (SSSR count). The van der Waals surface area contributed by atoms with Gasteiger partial charge in [-0.15, -0.1) is 0 Å². The van der Waals surface area contributed by atoms with Crippen LogP contribution in [0.2, 0.25) is 0 Å². The van der Waals surface area contributed by atoms with E-state index in [2.05, 4.69) is 48.5 Å². The Bertz CT molecular complexity index is 715. The molecule has 4 atom stereocenters. The molecule has 1 saturated heterocycles. The molecule has 0 radical (unpaired) electrons. The number of hydrogen-bond acceptors (Lipinski definition) is 4.